The molecule has 1 atom stereocenters. The first-order chi connectivity index (χ1) is 10.1. The fourth-order valence-corrected chi connectivity index (χ4v) is 1.82. The van der Waals surface area contributed by atoms with Crippen LogP contribution in [0.3, 0.4) is 0 Å². The Morgan fingerprint density at radius 2 is 2.05 bits per heavy atom. The van der Waals surface area contributed by atoms with Crippen molar-refractivity contribution in [2.45, 2.75) is 32.2 Å². The summed E-state index contributed by atoms with van der Waals surface area (Å²) < 4.78 is 12.8. The number of aromatic nitrogens is 2. The lowest BCUT2D eigenvalue weighted by Gasteiger charge is -2.34. The number of halogens is 1. The van der Waals surface area contributed by atoms with Gasteiger partial charge >= 0.3 is 0 Å². The van der Waals surface area contributed by atoms with E-state index in [2.05, 4.69) is 21.8 Å². The molecule has 0 amide bonds. The molecule has 1 aliphatic heterocycles. The van der Waals surface area contributed by atoms with E-state index in [1.807, 2.05) is 0 Å². The molecule has 2 aliphatic rings. The van der Waals surface area contributed by atoms with Crippen LogP contribution in [0.1, 0.15) is 26.2 Å². The molecule has 3 rings (SSSR count). The zero-order valence-corrected chi connectivity index (χ0v) is 14.0. The molecule has 6 nitrogen and oxygen atoms in total. The Morgan fingerprint density at radius 3 is 2.52 bits per heavy atom. The molecule has 0 spiro atoms. The Labute approximate surface area is 135 Å². The summed E-state index contributed by atoms with van der Waals surface area (Å²) in [6.45, 7) is 4.27. The SMILES string of the molecule is C1CC1.CC1COCCN1c1cc(N)nc(Cl)n1.CSO. The molecular formula is C13H23ClN4O2S. The second-order valence-corrected chi connectivity index (χ2v) is 5.48. The fraction of sp³-hybridized carbons (Fsp3) is 0.692. The van der Waals surface area contributed by atoms with Gasteiger partial charge in [0.15, 0.2) is 0 Å². The zero-order valence-electron chi connectivity index (χ0n) is 12.5. The molecule has 2 heterocycles. The van der Waals surface area contributed by atoms with Gasteiger partial charge in [-0.2, -0.15) is 0 Å². The maximum absolute atomic E-state index is 7.49. The van der Waals surface area contributed by atoms with Gasteiger partial charge in [0, 0.05) is 18.9 Å². The molecule has 1 saturated carbocycles. The van der Waals surface area contributed by atoms with E-state index >= 15 is 0 Å². The highest BCUT2D eigenvalue weighted by Gasteiger charge is 2.20. The van der Waals surface area contributed by atoms with E-state index in [0.29, 0.717) is 19.0 Å². The number of ether oxygens (including phenoxy) is 1. The summed E-state index contributed by atoms with van der Waals surface area (Å²) in [5.41, 5.74) is 5.62. The molecule has 3 N–H and O–H groups in total. The Morgan fingerprint density at radius 1 is 1.43 bits per heavy atom. The lowest BCUT2D eigenvalue weighted by Crippen LogP contribution is -2.44. The first-order valence-electron chi connectivity index (χ1n) is 6.90. The molecule has 1 aromatic heterocycles. The summed E-state index contributed by atoms with van der Waals surface area (Å²) in [6.07, 6.45) is 6.10. The predicted molar refractivity (Wildman–Crippen MR) is 89.1 cm³/mol. The van der Waals surface area contributed by atoms with Crippen molar-refractivity contribution in [1.82, 2.24) is 9.97 Å². The number of morpholine rings is 1. The molecule has 2 fully saturated rings. The zero-order chi connectivity index (χ0) is 15.7. The fourth-order valence-electron chi connectivity index (χ4n) is 1.64. The minimum Gasteiger partial charge on any atom is -0.383 e. The number of nitrogens with zero attached hydrogens (tertiary/aromatic N) is 3. The largest absolute Gasteiger partial charge is 0.383 e. The van der Waals surface area contributed by atoms with E-state index in [-0.39, 0.29) is 11.3 Å². The molecular weight excluding hydrogens is 312 g/mol. The summed E-state index contributed by atoms with van der Waals surface area (Å²) in [6, 6.07) is 2.01. The molecule has 0 radical (unpaired) electrons. The Balaban J connectivity index is 0.000000309. The highest BCUT2D eigenvalue weighted by Crippen LogP contribution is 2.20. The van der Waals surface area contributed by atoms with E-state index < -0.39 is 0 Å². The van der Waals surface area contributed by atoms with Crippen molar-refractivity contribution in [3.05, 3.63) is 11.3 Å². The third kappa shape index (κ3) is 7.71. The van der Waals surface area contributed by atoms with Crippen molar-refractivity contribution < 1.29 is 9.29 Å². The van der Waals surface area contributed by atoms with Crippen molar-refractivity contribution in [3.8, 4) is 0 Å². The van der Waals surface area contributed by atoms with E-state index in [1.54, 1.807) is 12.3 Å². The van der Waals surface area contributed by atoms with Crippen LogP contribution in [0.25, 0.3) is 0 Å². The van der Waals surface area contributed by atoms with Gasteiger partial charge in [-0.15, -0.1) is 0 Å². The van der Waals surface area contributed by atoms with Crippen molar-refractivity contribution in [2.24, 2.45) is 0 Å². The van der Waals surface area contributed by atoms with Gasteiger partial charge in [-0.1, -0.05) is 19.3 Å². The molecule has 120 valence electrons. The summed E-state index contributed by atoms with van der Waals surface area (Å²) >= 11 is 6.51. The van der Waals surface area contributed by atoms with Gasteiger partial charge in [-0.3, -0.25) is 0 Å². The van der Waals surface area contributed by atoms with Gasteiger partial charge in [0.05, 0.1) is 19.3 Å². The Hall–Kier alpha value is -0.760. The van der Waals surface area contributed by atoms with E-state index in [0.717, 1.165) is 24.4 Å². The lowest BCUT2D eigenvalue weighted by atomic mass is 10.2. The number of hydrogen-bond acceptors (Lipinski definition) is 7. The molecule has 1 saturated heterocycles. The average molecular weight is 335 g/mol. The number of anilines is 2. The Kier molecular flexibility index (Phi) is 8.75. The summed E-state index contributed by atoms with van der Waals surface area (Å²) in [4.78, 5) is 10.1. The van der Waals surface area contributed by atoms with Crippen molar-refractivity contribution in [2.75, 3.05) is 36.6 Å². The van der Waals surface area contributed by atoms with Crippen LogP contribution in [0.4, 0.5) is 11.6 Å². The number of nitrogens with two attached hydrogens (primary N) is 1. The summed E-state index contributed by atoms with van der Waals surface area (Å²) in [5.74, 6) is 1.16. The van der Waals surface area contributed by atoms with Crippen molar-refractivity contribution >= 4 is 35.3 Å². The highest BCUT2D eigenvalue weighted by atomic mass is 35.5. The van der Waals surface area contributed by atoms with Crippen LogP contribution in [0.5, 0.6) is 0 Å². The van der Waals surface area contributed by atoms with Gasteiger partial charge in [0.2, 0.25) is 5.28 Å². The normalized spacial score (nSPS) is 19.8. The van der Waals surface area contributed by atoms with Crippen LogP contribution in [0.2, 0.25) is 5.28 Å². The smallest absolute Gasteiger partial charge is 0.226 e. The Bertz CT molecular complexity index is 400. The van der Waals surface area contributed by atoms with E-state index in [1.165, 1.54) is 19.3 Å². The van der Waals surface area contributed by atoms with Crippen molar-refractivity contribution in [3.63, 3.8) is 0 Å². The van der Waals surface area contributed by atoms with Gasteiger partial charge in [0.25, 0.3) is 0 Å². The summed E-state index contributed by atoms with van der Waals surface area (Å²) in [5, 5.41) is 0.184. The maximum atomic E-state index is 7.49. The van der Waals surface area contributed by atoms with Gasteiger partial charge in [-0.05, 0) is 30.6 Å². The van der Waals surface area contributed by atoms with Crippen LogP contribution in [-0.2, 0) is 4.74 Å². The first kappa shape index (κ1) is 18.3. The van der Waals surface area contributed by atoms with Crippen LogP contribution in [0.15, 0.2) is 6.07 Å². The molecule has 1 aliphatic carbocycles. The monoisotopic (exact) mass is 334 g/mol. The van der Waals surface area contributed by atoms with Gasteiger partial charge in [0.1, 0.15) is 11.6 Å². The molecule has 1 unspecified atom stereocenters. The molecule has 21 heavy (non-hydrogen) atoms. The number of rotatable bonds is 1. The average Bonchev–Trinajstić information content (AvgIpc) is 3.27. The maximum Gasteiger partial charge on any atom is 0.226 e. The molecule has 0 bridgehead atoms. The van der Waals surface area contributed by atoms with Gasteiger partial charge in [-0.25, -0.2) is 9.97 Å². The van der Waals surface area contributed by atoms with Crippen LogP contribution < -0.4 is 10.6 Å². The number of nitrogen functional groups attached to an aromatic ring is 1. The molecule has 8 heteroatoms. The second-order valence-electron chi connectivity index (χ2n) is 4.78. The minimum absolute atomic E-state index is 0.184. The van der Waals surface area contributed by atoms with E-state index in [4.69, 9.17) is 26.6 Å². The lowest BCUT2D eigenvalue weighted by molar-refractivity contribution is 0.0985. The number of hydrogen-bond donors (Lipinski definition) is 2. The topological polar surface area (TPSA) is 84.5 Å². The second kappa shape index (κ2) is 10.0. The summed E-state index contributed by atoms with van der Waals surface area (Å²) in [7, 11) is 0. The van der Waals surface area contributed by atoms with Crippen LogP contribution in [-0.4, -0.2) is 46.6 Å². The molecule has 0 aromatic carbocycles. The predicted octanol–water partition coefficient (Wildman–Crippen LogP) is 2.93. The third-order valence-electron chi connectivity index (χ3n) is 2.72. The van der Waals surface area contributed by atoms with E-state index in [9.17, 15) is 0 Å². The molecule has 1 aromatic rings. The van der Waals surface area contributed by atoms with Gasteiger partial charge < -0.3 is 19.9 Å². The third-order valence-corrected chi connectivity index (χ3v) is 2.89. The van der Waals surface area contributed by atoms with Crippen molar-refractivity contribution in [1.29, 1.82) is 0 Å². The highest BCUT2D eigenvalue weighted by molar-refractivity contribution is 7.93. The first-order valence-corrected chi connectivity index (χ1v) is 8.46. The quantitative estimate of drug-likeness (QED) is 0.603. The standard InChI is InChI=1S/C9H13ClN4O.C3H6.CH4OS/c1-6-5-15-3-2-14(6)8-4-7(11)12-9(10)13-8;1-2-3-1;1-3-2/h4,6H,2-3,5H2,1H3,(H2,11,12,13);1-3H2;2H,1H3. The van der Waals surface area contributed by atoms with Crippen LogP contribution in [0, 0.1) is 0 Å². The minimum atomic E-state index is 0.184. The van der Waals surface area contributed by atoms with Crippen LogP contribution >= 0.6 is 23.6 Å².